The molecule has 2 aromatic carbocycles. The van der Waals surface area contributed by atoms with Crippen LogP contribution in [-0.2, 0) is 14.3 Å². The molecule has 0 saturated carbocycles. The van der Waals surface area contributed by atoms with Gasteiger partial charge in [-0.3, -0.25) is 14.4 Å². The first kappa shape index (κ1) is 19.4. The number of fused-ring (bicyclic) bond motifs is 1. The summed E-state index contributed by atoms with van der Waals surface area (Å²) in [6, 6.07) is 14.1. The maximum absolute atomic E-state index is 12.7. The zero-order chi connectivity index (χ0) is 20.1. The maximum Gasteiger partial charge on any atom is 0.308 e. The Morgan fingerprint density at radius 2 is 1.79 bits per heavy atom. The summed E-state index contributed by atoms with van der Waals surface area (Å²) in [6.07, 6.45) is 1.47. The summed E-state index contributed by atoms with van der Waals surface area (Å²) in [5.41, 5.74) is 2.87. The van der Waals surface area contributed by atoms with Crippen LogP contribution in [0, 0.1) is 6.92 Å². The van der Waals surface area contributed by atoms with Gasteiger partial charge in [-0.15, -0.1) is 0 Å². The SMILES string of the molecule is CCOC(=O)C[C@@H](NC(=O)C(=O)c1c[nH]c2ccccc12)c1ccc(C)cc1. The first-order chi connectivity index (χ1) is 13.5. The minimum absolute atomic E-state index is 0.0518. The van der Waals surface area contributed by atoms with Crippen LogP contribution < -0.4 is 5.32 Å². The molecule has 144 valence electrons. The van der Waals surface area contributed by atoms with Gasteiger partial charge in [-0.1, -0.05) is 48.0 Å². The third-order valence-electron chi connectivity index (χ3n) is 4.50. The Kier molecular flexibility index (Phi) is 5.89. The van der Waals surface area contributed by atoms with Gasteiger partial charge in [0.15, 0.2) is 0 Å². The van der Waals surface area contributed by atoms with Crippen LogP contribution in [0.4, 0.5) is 0 Å². The molecule has 0 fully saturated rings. The van der Waals surface area contributed by atoms with Crippen LogP contribution in [0.1, 0.15) is 40.9 Å². The van der Waals surface area contributed by atoms with Crippen molar-refractivity contribution in [3.63, 3.8) is 0 Å². The smallest absolute Gasteiger partial charge is 0.308 e. The number of aryl methyl sites for hydroxylation is 1. The molecule has 3 aromatic rings. The number of carbonyl (C=O) groups excluding carboxylic acids is 3. The van der Waals surface area contributed by atoms with E-state index in [0.29, 0.717) is 10.9 Å². The Morgan fingerprint density at radius 3 is 2.50 bits per heavy atom. The van der Waals surface area contributed by atoms with E-state index in [2.05, 4.69) is 10.3 Å². The largest absolute Gasteiger partial charge is 0.466 e. The number of ether oxygens (including phenoxy) is 1. The molecule has 6 nitrogen and oxygen atoms in total. The molecule has 0 spiro atoms. The van der Waals surface area contributed by atoms with Crippen LogP contribution in [0.2, 0.25) is 0 Å². The molecule has 1 amide bonds. The minimum Gasteiger partial charge on any atom is -0.466 e. The predicted molar refractivity (Wildman–Crippen MR) is 106 cm³/mol. The number of H-pyrrole nitrogens is 1. The van der Waals surface area contributed by atoms with E-state index in [-0.39, 0.29) is 13.0 Å². The summed E-state index contributed by atoms with van der Waals surface area (Å²) in [7, 11) is 0. The van der Waals surface area contributed by atoms with Gasteiger partial charge in [0.1, 0.15) is 0 Å². The summed E-state index contributed by atoms with van der Waals surface area (Å²) >= 11 is 0. The summed E-state index contributed by atoms with van der Waals surface area (Å²) in [4.78, 5) is 40.3. The number of esters is 1. The molecular weight excluding hydrogens is 356 g/mol. The number of nitrogens with one attached hydrogen (secondary N) is 2. The molecular formula is C22H22N2O4. The number of aromatic nitrogens is 1. The van der Waals surface area contributed by atoms with E-state index >= 15 is 0 Å². The Morgan fingerprint density at radius 1 is 1.07 bits per heavy atom. The molecule has 0 aliphatic carbocycles. The van der Waals surface area contributed by atoms with Gasteiger partial charge in [0.25, 0.3) is 11.7 Å². The van der Waals surface area contributed by atoms with Crippen molar-refractivity contribution in [3.8, 4) is 0 Å². The van der Waals surface area contributed by atoms with Crippen molar-refractivity contribution in [3.05, 3.63) is 71.4 Å². The normalized spacial score (nSPS) is 11.8. The molecule has 1 aromatic heterocycles. The third kappa shape index (κ3) is 4.28. The molecule has 0 aliphatic heterocycles. The molecule has 0 saturated heterocycles. The van der Waals surface area contributed by atoms with Crippen LogP contribution in [0.3, 0.4) is 0 Å². The lowest BCUT2D eigenvalue weighted by molar-refractivity contribution is -0.143. The lowest BCUT2D eigenvalue weighted by atomic mass is 10.0. The average molecular weight is 378 g/mol. The van der Waals surface area contributed by atoms with Crippen LogP contribution in [-0.4, -0.2) is 29.3 Å². The number of hydrogen-bond donors (Lipinski definition) is 2. The van der Waals surface area contributed by atoms with Crippen molar-refractivity contribution < 1.29 is 19.1 Å². The fourth-order valence-electron chi connectivity index (χ4n) is 3.04. The van der Waals surface area contributed by atoms with Crippen molar-refractivity contribution >= 4 is 28.6 Å². The molecule has 3 rings (SSSR count). The fourth-order valence-corrected chi connectivity index (χ4v) is 3.04. The molecule has 1 heterocycles. The monoisotopic (exact) mass is 378 g/mol. The quantitative estimate of drug-likeness (QED) is 0.374. The molecule has 1 atom stereocenters. The lowest BCUT2D eigenvalue weighted by Gasteiger charge is -2.18. The van der Waals surface area contributed by atoms with E-state index in [1.807, 2.05) is 43.3 Å². The second-order valence-electron chi connectivity index (χ2n) is 6.52. The highest BCUT2D eigenvalue weighted by atomic mass is 16.5. The van der Waals surface area contributed by atoms with E-state index in [0.717, 1.165) is 16.6 Å². The van der Waals surface area contributed by atoms with Crippen molar-refractivity contribution in [1.82, 2.24) is 10.3 Å². The molecule has 2 N–H and O–H groups in total. The minimum atomic E-state index is -0.764. The van der Waals surface area contributed by atoms with Crippen LogP contribution in [0.15, 0.2) is 54.7 Å². The topological polar surface area (TPSA) is 88.3 Å². The zero-order valence-electron chi connectivity index (χ0n) is 15.8. The van der Waals surface area contributed by atoms with Crippen molar-refractivity contribution in [2.45, 2.75) is 26.3 Å². The van der Waals surface area contributed by atoms with Crippen molar-refractivity contribution in [2.75, 3.05) is 6.61 Å². The molecule has 0 unspecified atom stereocenters. The van der Waals surface area contributed by atoms with Crippen LogP contribution >= 0.6 is 0 Å². The Bertz CT molecular complexity index is 1000. The van der Waals surface area contributed by atoms with Gasteiger partial charge in [-0.05, 0) is 25.5 Å². The Balaban J connectivity index is 1.82. The third-order valence-corrected chi connectivity index (χ3v) is 4.50. The summed E-state index contributed by atoms with van der Waals surface area (Å²) in [6.45, 7) is 3.92. The number of carbonyl (C=O) groups is 3. The van der Waals surface area contributed by atoms with Crippen molar-refractivity contribution in [1.29, 1.82) is 0 Å². The highest BCUT2D eigenvalue weighted by molar-refractivity contribution is 6.45. The number of rotatable bonds is 7. The van der Waals surface area contributed by atoms with Gasteiger partial charge in [-0.25, -0.2) is 0 Å². The molecule has 0 aliphatic rings. The zero-order valence-corrected chi connectivity index (χ0v) is 15.8. The summed E-state index contributed by atoms with van der Waals surface area (Å²) in [5, 5.41) is 3.37. The number of Topliss-reactive ketones (excluding diaryl/α,β-unsaturated/α-hetero) is 1. The van der Waals surface area contributed by atoms with E-state index in [1.54, 1.807) is 19.1 Å². The maximum atomic E-state index is 12.7. The van der Waals surface area contributed by atoms with Gasteiger partial charge >= 0.3 is 5.97 Å². The van der Waals surface area contributed by atoms with E-state index in [1.165, 1.54) is 6.20 Å². The highest BCUT2D eigenvalue weighted by Crippen LogP contribution is 2.21. The number of hydrogen-bond acceptors (Lipinski definition) is 4. The summed E-state index contributed by atoms with van der Waals surface area (Å²) < 4.78 is 5.01. The van der Waals surface area contributed by atoms with Gasteiger partial charge < -0.3 is 15.0 Å². The van der Waals surface area contributed by atoms with Gasteiger partial charge in [0, 0.05) is 17.1 Å². The predicted octanol–water partition coefficient (Wildman–Crippen LogP) is 3.47. The highest BCUT2D eigenvalue weighted by Gasteiger charge is 2.25. The van der Waals surface area contributed by atoms with E-state index in [9.17, 15) is 14.4 Å². The number of ketones is 1. The fraction of sp³-hybridized carbons (Fsp3) is 0.227. The van der Waals surface area contributed by atoms with Gasteiger partial charge in [0.05, 0.1) is 24.6 Å². The number of amides is 1. The van der Waals surface area contributed by atoms with E-state index in [4.69, 9.17) is 4.74 Å². The second-order valence-corrected chi connectivity index (χ2v) is 6.52. The molecule has 28 heavy (non-hydrogen) atoms. The lowest BCUT2D eigenvalue weighted by Crippen LogP contribution is -2.35. The van der Waals surface area contributed by atoms with Gasteiger partial charge in [-0.2, -0.15) is 0 Å². The summed E-state index contributed by atoms with van der Waals surface area (Å²) in [5.74, 6) is -1.86. The van der Waals surface area contributed by atoms with Crippen molar-refractivity contribution in [2.24, 2.45) is 0 Å². The Hall–Kier alpha value is -3.41. The Labute approximate surface area is 162 Å². The standard InChI is InChI=1S/C22H22N2O4/c1-3-28-20(25)12-19(15-10-8-14(2)9-11-15)24-22(27)21(26)17-13-23-18-7-5-4-6-16(17)18/h4-11,13,19,23H,3,12H2,1-2H3,(H,24,27)/t19-/m1/s1. The number of para-hydroxylation sites is 1. The van der Waals surface area contributed by atoms with E-state index < -0.39 is 23.7 Å². The van der Waals surface area contributed by atoms with Crippen LogP contribution in [0.25, 0.3) is 10.9 Å². The molecule has 0 bridgehead atoms. The molecule has 0 radical (unpaired) electrons. The van der Waals surface area contributed by atoms with Gasteiger partial charge in [0.2, 0.25) is 0 Å². The van der Waals surface area contributed by atoms with Crippen LogP contribution in [0.5, 0.6) is 0 Å². The molecule has 6 heteroatoms. The first-order valence-electron chi connectivity index (χ1n) is 9.13. The number of aromatic amines is 1. The second kappa shape index (κ2) is 8.52. The average Bonchev–Trinajstić information content (AvgIpc) is 3.11. The number of benzene rings is 2. The first-order valence-corrected chi connectivity index (χ1v) is 9.13.